The molecule has 1 heterocycles. The van der Waals surface area contributed by atoms with Crippen LogP contribution >= 0.6 is 0 Å². The molecule has 2 aromatic rings. The van der Waals surface area contributed by atoms with Crippen LogP contribution in [0.1, 0.15) is 43.2 Å². The van der Waals surface area contributed by atoms with Crippen LogP contribution < -0.4 is 4.74 Å². The van der Waals surface area contributed by atoms with Gasteiger partial charge in [-0.05, 0) is 47.5 Å². The minimum Gasteiger partial charge on any atom is -0.504 e. The van der Waals surface area contributed by atoms with Crippen LogP contribution in [0.25, 0.3) is 12.2 Å². The number of hydrogen-bond donors (Lipinski definition) is 13. The van der Waals surface area contributed by atoms with Crippen molar-refractivity contribution in [2.45, 2.75) is 111 Å². The second kappa shape index (κ2) is 20.8. The van der Waals surface area contributed by atoms with Gasteiger partial charge in [0.05, 0.1) is 6.10 Å². The maximum Gasteiger partial charge on any atom is 0.338 e. The molecule has 360 valence electrons. The molecule has 25 nitrogen and oxygen atoms in total. The molecule has 2 aromatic carbocycles. The summed E-state index contributed by atoms with van der Waals surface area (Å²) in [4.78, 5) is 72.8. The average Bonchev–Trinajstić information content (AvgIpc) is 3.24. The van der Waals surface area contributed by atoms with Gasteiger partial charge >= 0.3 is 35.8 Å². The van der Waals surface area contributed by atoms with E-state index < -0.39 is 176 Å². The molecule has 0 radical (unpaired) electrons. The number of aliphatic hydroxyl groups is 8. The number of hydrogen-bond acceptors (Lipinski definition) is 23. The minimum atomic E-state index is -2.65. The Labute approximate surface area is 371 Å². The van der Waals surface area contributed by atoms with Gasteiger partial charge in [0.25, 0.3) is 0 Å². The normalized spacial score (nSPS) is 32.3. The Morgan fingerprint density at radius 3 is 1.74 bits per heavy atom. The monoisotopic (exact) mass is 938 g/mol. The molecule has 0 aromatic heterocycles. The maximum atomic E-state index is 13.2. The van der Waals surface area contributed by atoms with Crippen molar-refractivity contribution in [1.29, 1.82) is 0 Å². The van der Waals surface area contributed by atoms with Crippen molar-refractivity contribution in [1.82, 2.24) is 0 Å². The van der Waals surface area contributed by atoms with Crippen molar-refractivity contribution in [3.8, 4) is 23.0 Å². The van der Waals surface area contributed by atoms with Crippen molar-refractivity contribution in [2.75, 3.05) is 6.61 Å². The number of phenols is 3. The predicted octanol–water partition coefficient (Wildman–Crippen LogP) is -3.31. The quantitative estimate of drug-likeness (QED) is 0.0273. The second-order valence-electron chi connectivity index (χ2n) is 15.7. The van der Waals surface area contributed by atoms with E-state index in [1.807, 2.05) is 0 Å². The van der Waals surface area contributed by atoms with Crippen molar-refractivity contribution < 1.29 is 124 Å². The molecular weight excluding hydrogens is 892 g/mol. The third-order valence-electron chi connectivity index (χ3n) is 10.7. The highest BCUT2D eigenvalue weighted by molar-refractivity contribution is 5.90. The summed E-state index contributed by atoms with van der Waals surface area (Å²) >= 11 is 0. The Bertz CT molecular complexity index is 2210. The second-order valence-corrected chi connectivity index (χ2v) is 15.7. The maximum absolute atomic E-state index is 13.2. The highest BCUT2D eigenvalue weighted by atomic mass is 16.7. The summed E-state index contributed by atoms with van der Waals surface area (Å²) < 4.78 is 31.2. The fourth-order valence-electron chi connectivity index (χ4n) is 7.15. The molecule has 1 aliphatic heterocycles. The first-order valence-electron chi connectivity index (χ1n) is 19.7. The van der Waals surface area contributed by atoms with E-state index in [0.717, 1.165) is 42.5 Å². The van der Waals surface area contributed by atoms with Gasteiger partial charge in [-0.3, -0.25) is 9.59 Å². The summed E-state index contributed by atoms with van der Waals surface area (Å²) in [6.07, 6.45) is -20.7. The van der Waals surface area contributed by atoms with Gasteiger partial charge in [0, 0.05) is 37.8 Å². The van der Waals surface area contributed by atoms with E-state index in [1.165, 1.54) is 18.2 Å². The van der Waals surface area contributed by atoms with E-state index in [2.05, 4.69) is 0 Å². The average molecular weight is 939 g/mol. The third-order valence-corrected chi connectivity index (χ3v) is 10.7. The Morgan fingerprint density at radius 2 is 1.18 bits per heavy atom. The SMILES string of the molecule is O=C(O)CC(=O)O[C@@H]1C[C@@](O)(C(=O)O)C[C@@H](OC(=O)C=Cc2ccc(O[C@@H]3O[C@H](COC(=O)[C@]4(O)C[C@@H](O)[C@@H](O)[C@H](OC(=O)C=Cc5ccc(O)c(O)c5)C4)[C@@H](O)[C@H](O)[C@H]3O)c(O)c2)[C@@H]1O. The molecule has 13 N–H and O–H groups in total. The predicted molar refractivity (Wildman–Crippen MR) is 210 cm³/mol. The lowest BCUT2D eigenvalue weighted by Crippen LogP contribution is -2.61. The summed E-state index contributed by atoms with van der Waals surface area (Å²) in [5.74, 6) is -10.5. The summed E-state index contributed by atoms with van der Waals surface area (Å²) in [5, 5.41) is 133. The number of esters is 4. The van der Waals surface area contributed by atoms with E-state index >= 15 is 0 Å². The zero-order chi connectivity index (χ0) is 48.8. The van der Waals surface area contributed by atoms with Crippen LogP contribution in [0.4, 0.5) is 0 Å². The molecule has 2 saturated carbocycles. The number of benzene rings is 2. The number of ether oxygens (including phenoxy) is 6. The van der Waals surface area contributed by atoms with E-state index in [4.69, 9.17) is 33.5 Å². The first-order chi connectivity index (χ1) is 30.9. The zero-order valence-electron chi connectivity index (χ0n) is 34.1. The lowest BCUT2D eigenvalue weighted by molar-refractivity contribution is -0.280. The Morgan fingerprint density at radius 1 is 0.636 bits per heavy atom. The fourth-order valence-corrected chi connectivity index (χ4v) is 7.15. The van der Waals surface area contributed by atoms with Gasteiger partial charge in [0.1, 0.15) is 68.0 Å². The molecule has 5 rings (SSSR count). The number of phenolic OH excluding ortho intramolecular Hbond substituents is 3. The number of carboxylic acids is 2. The highest BCUT2D eigenvalue weighted by Crippen LogP contribution is 2.36. The first-order valence-corrected chi connectivity index (χ1v) is 19.7. The molecule has 0 spiro atoms. The van der Waals surface area contributed by atoms with Crippen LogP contribution in [0.5, 0.6) is 23.0 Å². The number of aliphatic hydroxyl groups excluding tert-OH is 6. The van der Waals surface area contributed by atoms with E-state index in [1.54, 1.807) is 0 Å². The molecule has 2 aliphatic carbocycles. The van der Waals surface area contributed by atoms with Gasteiger partial charge in [-0.2, -0.15) is 0 Å². The van der Waals surface area contributed by atoms with Crippen molar-refractivity contribution in [3.63, 3.8) is 0 Å². The Hall–Kier alpha value is -6.42. The van der Waals surface area contributed by atoms with Gasteiger partial charge in [-0.1, -0.05) is 12.1 Å². The smallest absolute Gasteiger partial charge is 0.338 e. The fraction of sp³-hybridized carbons (Fsp3) is 0.463. The molecule has 13 atom stereocenters. The number of aliphatic carboxylic acids is 2. The van der Waals surface area contributed by atoms with Crippen LogP contribution in [0, 0.1) is 0 Å². The molecule has 25 heteroatoms. The third kappa shape index (κ3) is 12.3. The molecular formula is C41H46O25. The lowest BCUT2D eigenvalue weighted by atomic mass is 9.79. The molecule has 66 heavy (non-hydrogen) atoms. The molecule has 1 saturated heterocycles. The number of carbonyl (C=O) groups is 6. The van der Waals surface area contributed by atoms with Crippen molar-refractivity contribution >= 4 is 48.0 Å². The van der Waals surface area contributed by atoms with Gasteiger partial charge in [-0.25, -0.2) is 19.2 Å². The van der Waals surface area contributed by atoms with Crippen LogP contribution in [-0.2, 0) is 52.5 Å². The van der Waals surface area contributed by atoms with Gasteiger partial charge < -0.3 is 94.8 Å². The van der Waals surface area contributed by atoms with E-state index in [0.29, 0.717) is 0 Å². The summed E-state index contributed by atoms with van der Waals surface area (Å²) in [6.45, 7) is -0.924. The Kier molecular flexibility index (Phi) is 16.0. The van der Waals surface area contributed by atoms with Crippen LogP contribution in [-0.4, -0.2) is 187 Å². The van der Waals surface area contributed by atoms with E-state index in [9.17, 15) is 90.0 Å². The summed E-state index contributed by atoms with van der Waals surface area (Å²) in [5.41, 5.74) is -4.90. The summed E-state index contributed by atoms with van der Waals surface area (Å²) in [6, 6.07) is 6.99. The number of carbonyl (C=O) groups excluding carboxylic acids is 4. The molecule has 0 bridgehead atoms. The number of rotatable bonds is 15. The van der Waals surface area contributed by atoms with Crippen LogP contribution in [0.2, 0.25) is 0 Å². The standard InChI is InChI=1S/C41H46O25/c42-19-5-1-17(9-20(19)43)3-7-29(48)62-24-15-41(60,12-22(45)32(24)51)39(58)61-16-27-34(53)35(54)36(55)37(66-27)65-23-6-2-18(10-21(23)44)4-8-30(49)63-25-13-40(59,38(56)57)14-26(33(25)52)64-31(50)11-28(46)47/h1-10,22,24-27,32-37,42-45,51-55,59-60H,11-16H2,(H,46,47)(H,56,57)/t22-,24-,25-,26-,27-,32-,33+,34-,35+,36-,37-,40-,41+/m1/s1. The lowest BCUT2D eigenvalue weighted by Gasteiger charge is -2.41. The number of aromatic hydroxyl groups is 3. The highest BCUT2D eigenvalue weighted by Gasteiger charge is 2.54. The molecule has 3 aliphatic rings. The topological polar surface area (TPSA) is 421 Å². The molecule has 0 unspecified atom stereocenters. The van der Waals surface area contributed by atoms with Gasteiger partial charge in [-0.15, -0.1) is 0 Å². The molecule has 3 fully saturated rings. The summed E-state index contributed by atoms with van der Waals surface area (Å²) in [7, 11) is 0. The Balaban J connectivity index is 1.17. The largest absolute Gasteiger partial charge is 0.504 e. The van der Waals surface area contributed by atoms with E-state index in [-0.39, 0.29) is 11.1 Å². The molecule has 0 amide bonds. The zero-order valence-corrected chi connectivity index (χ0v) is 34.1. The van der Waals surface area contributed by atoms with Crippen molar-refractivity contribution in [3.05, 3.63) is 59.7 Å². The minimum absolute atomic E-state index is 0.0795. The first kappa shape index (κ1) is 50.6. The van der Waals surface area contributed by atoms with Crippen LogP contribution in [0.15, 0.2) is 48.6 Å². The van der Waals surface area contributed by atoms with Crippen molar-refractivity contribution in [2.24, 2.45) is 0 Å². The van der Waals surface area contributed by atoms with Gasteiger partial charge in [0.15, 0.2) is 34.2 Å². The van der Waals surface area contributed by atoms with Crippen LogP contribution in [0.3, 0.4) is 0 Å². The number of carboxylic acid groups (broad SMARTS) is 2. The van der Waals surface area contributed by atoms with Gasteiger partial charge in [0.2, 0.25) is 6.29 Å².